The van der Waals surface area contributed by atoms with Crippen LogP contribution in [0.15, 0.2) is 60.8 Å². The number of nitrogens with one attached hydrogen (secondary N) is 2. The van der Waals surface area contributed by atoms with Gasteiger partial charge in [0.15, 0.2) is 11.5 Å². The minimum Gasteiger partial charge on any atom is -0.493 e. The van der Waals surface area contributed by atoms with Gasteiger partial charge in [-0.15, -0.1) is 0 Å². The van der Waals surface area contributed by atoms with E-state index in [2.05, 4.69) is 15.6 Å². The molecule has 0 aliphatic heterocycles. The molecule has 8 nitrogen and oxygen atoms in total. The first-order valence-corrected chi connectivity index (χ1v) is 10.8. The highest BCUT2D eigenvalue weighted by molar-refractivity contribution is 6.08. The number of carbonyl (C=O) groups excluding carboxylic acids is 2. The Morgan fingerprint density at radius 1 is 0.784 bits per heavy atom. The molecule has 0 spiro atoms. The van der Waals surface area contributed by atoms with Crippen molar-refractivity contribution in [1.82, 2.24) is 4.98 Å². The summed E-state index contributed by atoms with van der Waals surface area (Å²) in [6.45, 7) is 0. The smallest absolute Gasteiger partial charge is 0.233 e. The molecule has 2 amide bonds. The van der Waals surface area contributed by atoms with E-state index in [1.54, 1.807) is 18.2 Å². The van der Waals surface area contributed by atoms with Crippen LogP contribution in [0.3, 0.4) is 0 Å². The second kappa shape index (κ2) is 10.9. The molecule has 0 saturated heterocycles. The fourth-order valence-corrected chi connectivity index (χ4v) is 3.45. The van der Waals surface area contributed by atoms with Crippen molar-refractivity contribution < 1.29 is 37.0 Å². The highest BCUT2D eigenvalue weighted by Crippen LogP contribution is 2.37. The number of carbonyl (C=O) groups is 2. The highest BCUT2D eigenvalue weighted by Gasteiger charge is 2.16. The van der Waals surface area contributed by atoms with E-state index in [0.29, 0.717) is 34.2 Å². The number of nitrogens with zero attached hydrogens (tertiary/aromatic N) is 1. The van der Waals surface area contributed by atoms with Gasteiger partial charge in [-0.1, -0.05) is 0 Å². The maximum Gasteiger partial charge on any atom is 0.233 e. The van der Waals surface area contributed by atoms with Gasteiger partial charge < -0.3 is 24.8 Å². The zero-order valence-corrected chi connectivity index (χ0v) is 19.6. The Morgan fingerprint density at radius 2 is 1.41 bits per heavy atom. The van der Waals surface area contributed by atoms with E-state index in [0.717, 1.165) is 18.2 Å². The number of rotatable bonds is 8. The molecule has 3 aromatic carbocycles. The Morgan fingerprint density at radius 3 is 2.03 bits per heavy atom. The lowest BCUT2D eigenvalue weighted by molar-refractivity contribution is -0.123. The number of hydrogen-bond donors (Lipinski definition) is 2. The summed E-state index contributed by atoms with van der Waals surface area (Å²) in [4.78, 5) is 28.5. The zero-order valence-electron chi connectivity index (χ0n) is 19.6. The molecule has 190 valence electrons. The monoisotopic (exact) mass is 511 g/mol. The molecule has 0 unspecified atom stereocenters. The highest BCUT2D eigenvalue weighted by atomic mass is 19.1. The predicted octanol–water partition coefficient (Wildman–Crippen LogP) is 5.43. The summed E-state index contributed by atoms with van der Waals surface area (Å²) in [6.07, 6.45) is 0.806. The van der Waals surface area contributed by atoms with Gasteiger partial charge in [0.05, 0.1) is 31.1 Å². The quantitative estimate of drug-likeness (QED) is 0.306. The molecule has 0 atom stereocenters. The van der Waals surface area contributed by atoms with Crippen molar-refractivity contribution in [3.05, 3.63) is 78.2 Å². The Labute approximate surface area is 209 Å². The lowest BCUT2D eigenvalue weighted by atomic mass is 10.2. The van der Waals surface area contributed by atoms with E-state index in [1.807, 2.05) is 0 Å². The molecule has 11 heteroatoms. The van der Waals surface area contributed by atoms with Gasteiger partial charge in [-0.25, -0.2) is 13.2 Å². The number of hydrogen-bond acceptors (Lipinski definition) is 6. The number of fused-ring (bicyclic) bond motifs is 1. The fraction of sp³-hybridized carbons (Fsp3) is 0.115. The predicted molar refractivity (Wildman–Crippen MR) is 130 cm³/mol. The topological polar surface area (TPSA) is 98.8 Å². The van der Waals surface area contributed by atoms with Crippen molar-refractivity contribution in [2.45, 2.75) is 6.42 Å². The van der Waals surface area contributed by atoms with Gasteiger partial charge in [0.1, 0.15) is 35.4 Å². The molecule has 1 aromatic heterocycles. The molecule has 0 fully saturated rings. The average Bonchev–Trinajstić information content (AvgIpc) is 2.86. The molecule has 0 saturated carbocycles. The molecule has 37 heavy (non-hydrogen) atoms. The minimum atomic E-state index is -0.991. The molecule has 2 N–H and O–H groups in total. The lowest BCUT2D eigenvalue weighted by Crippen LogP contribution is -2.22. The van der Waals surface area contributed by atoms with Crippen molar-refractivity contribution in [1.29, 1.82) is 0 Å². The number of amides is 2. The number of halogens is 3. The van der Waals surface area contributed by atoms with E-state index < -0.39 is 35.7 Å². The molecule has 0 aliphatic rings. The Balaban J connectivity index is 1.44. The van der Waals surface area contributed by atoms with Crippen LogP contribution in [0, 0.1) is 17.5 Å². The number of benzene rings is 3. The number of methoxy groups -OCH3 is 2. The van der Waals surface area contributed by atoms with Gasteiger partial charge in [0, 0.05) is 29.8 Å². The van der Waals surface area contributed by atoms with Gasteiger partial charge in [-0.05, 0) is 36.4 Å². The normalized spacial score (nSPS) is 10.6. The number of anilines is 2. The van der Waals surface area contributed by atoms with Crippen LogP contribution in [0.4, 0.5) is 24.5 Å². The van der Waals surface area contributed by atoms with Crippen molar-refractivity contribution in [3.8, 4) is 23.0 Å². The summed E-state index contributed by atoms with van der Waals surface area (Å²) in [5.74, 6) is -2.84. The standard InChI is InChI=1S/C26H20F3N3O5/c1-35-23-11-16-21(12-24(23)36-2)30-8-7-22(16)37-15-4-6-20(18(29)10-15)32-26(34)13-25(33)31-19-5-3-14(27)9-17(19)28/h3-12H,13H2,1-2H3,(H,31,33)(H,32,34). The summed E-state index contributed by atoms with van der Waals surface area (Å²) < 4.78 is 57.8. The third-order valence-electron chi connectivity index (χ3n) is 5.18. The molecule has 4 aromatic rings. The summed E-state index contributed by atoms with van der Waals surface area (Å²) >= 11 is 0. The van der Waals surface area contributed by atoms with Gasteiger partial charge in [-0.2, -0.15) is 0 Å². The maximum absolute atomic E-state index is 14.7. The van der Waals surface area contributed by atoms with Crippen LogP contribution >= 0.6 is 0 Å². The van der Waals surface area contributed by atoms with E-state index in [1.165, 1.54) is 32.5 Å². The van der Waals surface area contributed by atoms with Gasteiger partial charge in [0.25, 0.3) is 0 Å². The van der Waals surface area contributed by atoms with E-state index in [-0.39, 0.29) is 17.1 Å². The Hall–Kier alpha value is -4.80. The third kappa shape index (κ3) is 5.89. The first kappa shape index (κ1) is 25.3. The zero-order chi connectivity index (χ0) is 26.5. The Kier molecular flexibility index (Phi) is 7.42. The molecule has 1 heterocycles. The van der Waals surface area contributed by atoms with Crippen molar-refractivity contribution in [2.24, 2.45) is 0 Å². The number of ether oxygens (including phenoxy) is 3. The minimum absolute atomic E-state index is 0.141. The first-order valence-electron chi connectivity index (χ1n) is 10.8. The van der Waals surface area contributed by atoms with Crippen LogP contribution < -0.4 is 24.8 Å². The van der Waals surface area contributed by atoms with Crippen molar-refractivity contribution in [3.63, 3.8) is 0 Å². The third-order valence-corrected chi connectivity index (χ3v) is 5.18. The summed E-state index contributed by atoms with van der Waals surface area (Å²) in [5.41, 5.74) is 0.0917. The summed E-state index contributed by atoms with van der Waals surface area (Å²) in [6, 6.07) is 11.3. The first-order chi connectivity index (χ1) is 17.8. The SMILES string of the molecule is COc1cc2nccc(Oc3ccc(NC(=O)CC(=O)Nc4ccc(F)cc4F)c(F)c3)c2cc1OC. The molecular formula is C26H20F3N3O5. The van der Waals surface area contributed by atoms with Gasteiger partial charge in [0.2, 0.25) is 11.8 Å². The van der Waals surface area contributed by atoms with Crippen LogP contribution in [0.2, 0.25) is 0 Å². The van der Waals surface area contributed by atoms with Crippen LogP contribution in [0.5, 0.6) is 23.0 Å². The molecule has 4 rings (SSSR count). The van der Waals surface area contributed by atoms with Gasteiger partial charge >= 0.3 is 0 Å². The number of aromatic nitrogens is 1. The van der Waals surface area contributed by atoms with Crippen molar-refractivity contribution in [2.75, 3.05) is 24.9 Å². The van der Waals surface area contributed by atoms with E-state index >= 15 is 0 Å². The summed E-state index contributed by atoms with van der Waals surface area (Å²) in [5, 5.41) is 5.03. The summed E-state index contributed by atoms with van der Waals surface area (Å²) in [7, 11) is 3.00. The van der Waals surface area contributed by atoms with Crippen LogP contribution in [0.25, 0.3) is 10.9 Å². The van der Waals surface area contributed by atoms with E-state index in [9.17, 15) is 22.8 Å². The van der Waals surface area contributed by atoms with Crippen molar-refractivity contribution >= 4 is 34.1 Å². The van der Waals surface area contributed by atoms with Crippen LogP contribution in [-0.2, 0) is 9.59 Å². The average molecular weight is 511 g/mol. The second-order valence-electron chi connectivity index (χ2n) is 7.67. The molecule has 0 bridgehead atoms. The Bertz CT molecular complexity index is 1500. The second-order valence-corrected chi connectivity index (χ2v) is 7.67. The van der Waals surface area contributed by atoms with E-state index in [4.69, 9.17) is 14.2 Å². The fourth-order valence-electron chi connectivity index (χ4n) is 3.45. The maximum atomic E-state index is 14.7. The lowest BCUT2D eigenvalue weighted by Gasteiger charge is -2.13. The molecular weight excluding hydrogens is 491 g/mol. The molecule has 0 aliphatic carbocycles. The van der Waals surface area contributed by atoms with Gasteiger partial charge in [-0.3, -0.25) is 14.6 Å². The van der Waals surface area contributed by atoms with Crippen LogP contribution in [0.1, 0.15) is 6.42 Å². The largest absolute Gasteiger partial charge is 0.493 e. The molecule has 0 radical (unpaired) electrons. The number of pyridine rings is 1. The van der Waals surface area contributed by atoms with Crippen LogP contribution in [-0.4, -0.2) is 31.0 Å².